The maximum Gasteiger partial charge on any atom is 0.309 e. The molecule has 2 atom stereocenters. The molecular weight excluding hydrogens is 354 g/mol. The van der Waals surface area contributed by atoms with Gasteiger partial charge < -0.3 is 19.9 Å². The van der Waals surface area contributed by atoms with Gasteiger partial charge in [0.15, 0.2) is 0 Å². The first-order chi connectivity index (χ1) is 12.5. The van der Waals surface area contributed by atoms with Gasteiger partial charge in [0, 0.05) is 17.6 Å². The molecule has 0 heterocycles. The van der Waals surface area contributed by atoms with Crippen molar-refractivity contribution in [3.05, 3.63) is 64.7 Å². The average Bonchev–Trinajstić information content (AvgIpc) is 2.65. The third-order valence-corrected chi connectivity index (χ3v) is 4.13. The first-order valence-electron chi connectivity index (χ1n) is 8.43. The molecule has 0 unspecified atom stereocenters. The van der Waals surface area contributed by atoms with Crippen molar-refractivity contribution in [2.75, 3.05) is 20.3 Å². The van der Waals surface area contributed by atoms with Gasteiger partial charge in [-0.2, -0.15) is 0 Å². The lowest BCUT2D eigenvalue weighted by molar-refractivity contribution is -0.139. The second kappa shape index (κ2) is 10.2. The van der Waals surface area contributed by atoms with Gasteiger partial charge in [0.05, 0.1) is 19.6 Å². The number of aliphatic hydroxyl groups excluding tert-OH is 1. The summed E-state index contributed by atoms with van der Waals surface area (Å²) in [5.41, 5.74) is 1.65. The minimum absolute atomic E-state index is 0.0542. The second-order valence-electron chi connectivity index (χ2n) is 6.09. The molecule has 2 rings (SSSR count). The molecule has 26 heavy (non-hydrogen) atoms. The number of aliphatic hydroxyl groups is 1. The Balaban J connectivity index is 1.74. The maximum atomic E-state index is 11.2. The summed E-state index contributed by atoms with van der Waals surface area (Å²) in [4.78, 5) is 11.2. The number of nitrogens with one attached hydrogen (secondary N) is 1. The van der Waals surface area contributed by atoms with E-state index in [1.54, 1.807) is 12.1 Å². The summed E-state index contributed by atoms with van der Waals surface area (Å²) in [5, 5.41) is 14.0. The molecular formula is C20H24ClNO4. The van der Waals surface area contributed by atoms with E-state index in [4.69, 9.17) is 16.3 Å². The van der Waals surface area contributed by atoms with E-state index in [1.165, 1.54) is 7.11 Å². The average molecular weight is 378 g/mol. The molecule has 0 fully saturated rings. The molecule has 2 N–H and O–H groups in total. The van der Waals surface area contributed by atoms with Crippen molar-refractivity contribution in [3.63, 3.8) is 0 Å². The van der Waals surface area contributed by atoms with Crippen molar-refractivity contribution in [2.45, 2.75) is 25.5 Å². The molecule has 2 aromatic carbocycles. The van der Waals surface area contributed by atoms with Gasteiger partial charge in [-0.05, 0) is 42.3 Å². The fourth-order valence-corrected chi connectivity index (χ4v) is 2.57. The summed E-state index contributed by atoms with van der Waals surface area (Å²) in [6.07, 6.45) is -0.385. The standard InChI is InChI=1S/C20H24ClNO4/c1-14(22-12-19(23)16-4-3-5-17(21)11-16)13-26-18-8-6-15(7-9-18)10-20(24)25-2/h3-9,11,14,19,22-23H,10,12-13H2,1-2H3/t14-,19+/m1/s1. The molecule has 140 valence electrons. The van der Waals surface area contributed by atoms with Crippen molar-refractivity contribution in [2.24, 2.45) is 0 Å². The fourth-order valence-electron chi connectivity index (χ4n) is 2.37. The highest BCUT2D eigenvalue weighted by Crippen LogP contribution is 2.17. The Bertz CT molecular complexity index is 705. The van der Waals surface area contributed by atoms with E-state index in [0.29, 0.717) is 18.2 Å². The molecule has 0 bridgehead atoms. The number of carbonyl (C=O) groups excluding carboxylic acids is 1. The van der Waals surface area contributed by atoms with Gasteiger partial charge in [-0.1, -0.05) is 35.9 Å². The van der Waals surface area contributed by atoms with E-state index >= 15 is 0 Å². The number of ether oxygens (including phenoxy) is 2. The molecule has 0 radical (unpaired) electrons. The zero-order valence-electron chi connectivity index (χ0n) is 14.9. The summed E-state index contributed by atoms with van der Waals surface area (Å²) in [6.45, 7) is 2.85. The van der Waals surface area contributed by atoms with Crippen LogP contribution in [0.5, 0.6) is 5.75 Å². The van der Waals surface area contributed by atoms with E-state index < -0.39 is 6.10 Å². The van der Waals surface area contributed by atoms with E-state index in [0.717, 1.165) is 16.9 Å². The Kier molecular flexibility index (Phi) is 7.91. The van der Waals surface area contributed by atoms with Crippen LogP contribution in [0.3, 0.4) is 0 Å². The second-order valence-corrected chi connectivity index (χ2v) is 6.52. The van der Waals surface area contributed by atoms with Crippen LogP contribution in [-0.2, 0) is 16.0 Å². The van der Waals surface area contributed by atoms with E-state index in [-0.39, 0.29) is 18.4 Å². The maximum absolute atomic E-state index is 11.2. The third kappa shape index (κ3) is 6.67. The molecule has 0 saturated carbocycles. The summed E-state index contributed by atoms with van der Waals surface area (Å²) < 4.78 is 10.4. The van der Waals surface area contributed by atoms with Crippen molar-refractivity contribution in [3.8, 4) is 5.75 Å². The normalized spacial score (nSPS) is 13.1. The molecule has 0 aliphatic carbocycles. The zero-order valence-corrected chi connectivity index (χ0v) is 15.7. The van der Waals surface area contributed by atoms with Crippen LogP contribution in [0, 0.1) is 0 Å². The molecule has 0 saturated heterocycles. The van der Waals surface area contributed by atoms with Gasteiger partial charge >= 0.3 is 5.97 Å². The Labute approximate surface area is 158 Å². The van der Waals surface area contributed by atoms with Crippen molar-refractivity contribution in [1.82, 2.24) is 5.32 Å². The highest BCUT2D eigenvalue weighted by Gasteiger charge is 2.10. The Morgan fingerprint density at radius 1 is 1.23 bits per heavy atom. The highest BCUT2D eigenvalue weighted by molar-refractivity contribution is 6.30. The van der Waals surface area contributed by atoms with Gasteiger partial charge in [0.1, 0.15) is 12.4 Å². The summed E-state index contributed by atoms with van der Waals surface area (Å²) >= 11 is 5.94. The number of carbonyl (C=O) groups is 1. The minimum Gasteiger partial charge on any atom is -0.492 e. The number of halogens is 1. The van der Waals surface area contributed by atoms with Gasteiger partial charge in [-0.3, -0.25) is 4.79 Å². The topological polar surface area (TPSA) is 67.8 Å². The molecule has 5 nitrogen and oxygen atoms in total. The molecule has 0 spiro atoms. The lowest BCUT2D eigenvalue weighted by Gasteiger charge is -2.18. The van der Waals surface area contributed by atoms with E-state index in [2.05, 4.69) is 10.1 Å². The van der Waals surface area contributed by atoms with Crippen LogP contribution in [0.4, 0.5) is 0 Å². The lowest BCUT2D eigenvalue weighted by Crippen LogP contribution is -2.34. The predicted molar refractivity (Wildman–Crippen MR) is 102 cm³/mol. The SMILES string of the molecule is COC(=O)Cc1ccc(OC[C@@H](C)NC[C@H](O)c2cccc(Cl)c2)cc1. The molecule has 0 amide bonds. The summed E-state index contributed by atoms with van der Waals surface area (Å²) in [5.74, 6) is 0.456. The Hall–Kier alpha value is -2.08. The lowest BCUT2D eigenvalue weighted by atomic mass is 10.1. The van der Waals surface area contributed by atoms with Crippen molar-refractivity contribution >= 4 is 17.6 Å². The number of benzene rings is 2. The van der Waals surface area contributed by atoms with Crippen LogP contribution in [0.2, 0.25) is 5.02 Å². The van der Waals surface area contributed by atoms with Crippen LogP contribution >= 0.6 is 11.6 Å². The number of rotatable bonds is 9. The van der Waals surface area contributed by atoms with Crippen LogP contribution < -0.4 is 10.1 Å². The van der Waals surface area contributed by atoms with Gasteiger partial charge in [0.25, 0.3) is 0 Å². The number of methoxy groups -OCH3 is 1. The van der Waals surface area contributed by atoms with Gasteiger partial charge in [0.2, 0.25) is 0 Å². The van der Waals surface area contributed by atoms with Gasteiger partial charge in [-0.15, -0.1) is 0 Å². The smallest absolute Gasteiger partial charge is 0.309 e. The largest absolute Gasteiger partial charge is 0.492 e. The predicted octanol–water partition coefficient (Wildman–Crippen LogP) is 3.15. The molecule has 6 heteroatoms. The Morgan fingerprint density at radius 2 is 1.96 bits per heavy atom. The first-order valence-corrected chi connectivity index (χ1v) is 8.81. The van der Waals surface area contributed by atoms with E-state index in [1.807, 2.05) is 43.3 Å². The minimum atomic E-state index is -0.631. The molecule has 0 aliphatic heterocycles. The number of esters is 1. The van der Waals surface area contributed by atoms with Crippen LogP contribution in [0.1, 0.15) is 24.2 Å². The monoisotopic (exact) mass is 377 g/mol. The van der Waals surface area contributed by atoms with Crippen molar-refractivity contribution < 1.29 is 19.4 Å². The van der Waals surface area contributed by atoms with Crippen LogP contribution in [0.15, 0.2) is 48.5 Å². The van der Waals surface area contributed by atoms with Gasteiger partial charge in [-0.25, -0.2) is 0 Å². The number of hydrogen-bond acceptors (Lipinski definition) is 5. The van der Waals surface area contributed by atoms with Crippen molar-refractivity contribution in [1.29, 1.82) is 0 Å². The third-order valence-electron chi connectivity index (χ3n) is 3.89. The quantitative estimate of drug-likeness (QED) is 0.657. The molecule has 0 aromatic heterocycles. The zero-order chi connectivity index (χ0) is 18.9. The molecule has 2 aromatic rings. The first kappa shape index (κ1) is 20.2. The number of hydrogen-bond donors (Lipinski definition) is 2. The van der Waals surface area contributed by atoms with Crippen LogP contribution in [-0.4, -0.2) is 37.4 Å². The summed E-state index contributed by atoms with van der Waals surface area (Å²) in [6, 6.07) is 14.6. The van der Waals surface area contributed by atoms with E-state index in [9.17, 15) is 9.90 Å². The fraction of sp³-hybridized carbons (Fsp3) is 0.350. The highest BCUT2D eigenvalue weighted by atomic mass is 35.5. The van der Waals surface area contributed by atoms with Crippen LogP contribution in [0.25, 0.3) is 0 Å². The summed E-state index contributed by atoms with van der Waals surface area (Å²) in [7, 11) is 1.37. The Morgan fingerprint density at radius 3 is 2.62 bits per heavy atom. The molecule has 0 aliphatic rings.